The predicted molar refractivity (Wildman–Crippen MR) is 54.3 cm³/mol. The van der Waals surface area contributed by atoms with E-state index >= 15 is 0 Å². The molecule has 0 amide bonds. The van der Waals surface area contributed by atoms with Gasteiger partial charge in [0.1, 0.15) is 12.4 Å². The predicted octanol–water partition coefficient (Wildman–Crippen LogP) is 3.35. The lowest BCUT2D eigenvalue weighted by Gasteiger charge is -2.03. The van der Waals surface area contributed by atoms with E-state index in [1.54, 1.807) is 0 Å². The third-order valence-electron chi connectivity index (χ3n) is 2.72. The van der Waals surface area contributed by atoms with Gasteiger partial charge < -0.3 is 4.74 Å². The minimum absolute atomic E-state index is 0.785. The van der Waals surface area contributed by atoms with Crippen molar-refractivity contribution in [2.24, 2.45) is 0 Å². The topological polar surface area (TPSA) is 9.23 Å². The zero-order valence-corrected chi connectivity index (χ0v) is 8.39. The molecule has 0 radical (unpaired) electrons. The molecule has 0 saturated carbocycles. The van der Waals surface area contributed by atoms with Crippen molar-refractivity contribution >= 4 is 0 Å². The Morgan fingerprint density at radius 3 is 3.00 bits per heavy atom. The molecule has 0 atom stereocenters. The molecule has 0 N–H and O–H groups in total. The molecule has 1 heterocycles. The van der Waals surface area contributed by atoms with Crippen LogP contribution in [-0.4, -0.2) is 6.61 Å². The highest BCUT2D eigenvalue weighted by molar-refractivity contribution is 5.58. The summed E-state index contributed by atoms with van der Waals surface area (Å²) in [6.45, 7) is 5.09. The molecule has 1 aliphatic carbocycles. The van der Waals surface area contributed by atoms with Gasteiger partial charge in [-0.2, -0.15) is 0 Å². The maximum atomic E-state index is 5.50. The van der Waals surface area contributed by atoms with Crippen molar-refractivity contribution in [2.75, 3.05) is 6.61 Å². The Bertz CT molecular complexity index is 305. The number of hydrogen-bond acceptors (Lipinski definition) is 1. The van der Waals surface area contributed by atoms with Crippen LogP contribution in [0.1, 0.15) is 33.1 Å². The van der Waals surface area contributed by atoms with Gasteiger partial charge in [0.05, 0.1) is 0 Å². The Morgan fingerprint density at radius 2 is 2.23 bits per heavy atom. The maximum Gasteiger partial charge on any atom is 0.114 e. The van der Waals surface area contributed by atoms with E-state index in [2.05, 4.69) is 26.0 Å². The normalized spacial score (nSPS) is 19.8. The molecule has 0 aromatic heterocycles. The highest BCUT2D eigenvalue weighted by atomic mass is 16.5. The molecule has 1 heteroatoms. The van der Waals surface area contributed by atoms with Crippen LogP contribution in [0.5, 0.6) is 0 Å². The van der Waals surface area contributed by atoms with Crippen LogP contribution in [0.15, 0.2) is 34.6 Å². The van der Waals surface area contributed by atoms with Crippen LogP contribution in [0.2, 0.25) is 0 Å². The first kappa shape index (κ1) is 8.61. The minimum atomic E-state index is 0.785. The van der Waals surface area contributed by atoms with Crippen LogP contribution in [0.4, 0.5) is 0 Å². The van der Waals surface area contributed by atoms with Gasteiger partial charge in [0.15, 0.2) is 0 Å². The van der Waals surface area contributed by atoms with E-state index in [1.165, 1.54) is 36.0 Å². The number of fused-ring (bicyclic) bond motifs is 1. The molecule has 0 saturated heterocycles. The van der Waals surface area contributed by atoms with E-state index in [1.807, 2.05) is 0 Å². The fourth-order valence-electron chi connectivity index (χ4n) is 1.98. The minimum Gasteiger partial charge on any atom is -0.493 e. The summed E-state index contributed by atoms with van der Waals surface area (Å²) in [4.78, 5) is 0. The van der Waals surface area contributed by atoms with E-state index in [0.29, 0.717) is 0 Å². The SMILES string of the molecule is CCCCC1=CC=C2COC(C)=C12. The van der Waals surface area contributed by atoms with E-state index < -0.39 is 0 Å². The zero-order chi connectivity index (χ0) is 9.26. The molecule has 0 aromatic carbocycles. The number of unbranched alkanes of at least 4 members (excludes halogenated alkanes) is 1. The second-order valence-electron chi connectivity index (χ2n) is 3.71. The summed E-state index contributed by atoms with van der Waals surface area (Å²) < 4.78 is 5.50. The van der Waals surface area contributed by atoms with Gasteiger partial charge in [0.2, 0.25) is 0 Å². The number of ether oxygens (including phenoxy) is 1. The number of hydrogen-bond donors (Lipinski definition) is 0. The van der Waals surface area contributed by atoms with Crippen molar-refractivity contribution in [3.05, 3.63) is 34.6 Å². The smallest absolute Gasteiger partial charge is 0.114 e. The molecule has 0 fully saturated rings. The summed E-state index contributed by atoms with van der Waals surface area (Å²) in [6, 6.07) is 0. The van der Waals surface area contributed by atoms with Crippen molar-refractivity contribution < 1.29 is 4.74 Å². The summed E-state index contributed by atoms with van der Waals surface area (Å²) in [5.74, 6) is 1.12. The van der Waals surface area contributed by atoms with Crippen LogP contribution in [-0.2, 0) is 4.74 Å². The summed E-state index contributed by atoms with van der Waals surface area (Å²) in [6.07, 6.45) is 8.21. The largest absolute Gasteiger partial charge is 0.493 e. The molecular weight excluding hydrogens is 160 g/mol. The Balaban J connectivity index is 2.13. The van der Waals surface area contributed by atoms with Crippen molar-refractivity contribution in [1.82, 2.24) is 0 Å². The molecular formula is C12H16O. The van der Waals surface area contributed by atoms with Crippen LogP contribution < -0.4 is 0 Å². The monoisotopic (exact) mass is 176 g/mol. The first-order chi connectivity index (χ1) is 6.33. The molecule has 2 aliphatic rings. The Hall–Kier alpha value is -0.980. The third-order valence-corrected chi connectivity index (χ3v) is 2.72. The van der Waals surface area contributed by atoms with Crippen molar-refractivity contribution in [2.45, 2.75) is 33.1 Å². The molecule has 0 bridgehead atoms. The van der Waals surface area contributed by atoms with Crippen LogP contribution in [0, 0.1) is 0 Å². The lowest BCUT2D eigenvalue weighted by atomic mass is 10.00. The van der Waals surface area contributed by atoms with Crippen LogP contribution in [0.3, 0.4) is 0 Å². The zero-order valence-electron chi connectivity index (χ0n) is 8.39. The van der Waals surface area contributed by atoms with Crippen LogP contribution >= 0.6 is 0 Å². The second kappa shape index (κ2) is 3.41. The lowest BCUT2D eigenvalue weighted by molar-refractivity contribution is 0.263. The highest BCUT2D eigenvalue weighted by Gasteiger charge is 2.23. The summed E-state index contributed by atoms with van der Waals surface area (Å²) >= 11 is 0. The Morgan fingerprint density at radius 1 is 1.38 bits per heavy atom. The van der Waals surface area contributed by atoms with Gasteiger partial charge >= 0.3 is 0 Å². The highest BCUT2D eigenvalue weighted by Crippen LogP contribution is 2.37. The summed E-state index contributed by atoms with van der Waals surface area (Å²) in [5, 5.41) is 0. The molecule has 13 heavy (non-hydrogen) atoms. The van der Waals surface area contributed by atoms with Gasteiger partial charge in [0, 0.05) is 11.1 Å². The lowest BCUT2D eigenvalue weighted by Crippen LogP contribution is -1.88. The van der Waals surface area contributed by atoms with E-state index in [0.717, 1.165) is 12.4 Å². The van der Waals surface area contributed by atoms with Gasteiger partial charge in [-0.3, -0.25) is 0 Å². The first-order valence-corrected chi connectivity index (χ1v) is 5.07. The van der Waals surface area contributed by atoms with Gasteiger partial charge in [-0.15, -0.1) is 0 Å². The van der Waals surface area contributed by atoms with E-state index in [-0.39, 0.29) is 0 Å². The molecule has 2 rings (SSSR count). The number of allylic oxidation sites excluding steroid dienone is 4. The number of rotatable bonds is 3. The fraction of sp³-hybridized carbons (Fsp3) is 0.500. The van der Waals surface area contributed by atoms with Gasteiger partial charge in [-0.1, -0.05) is 25.5 Å². The van der Waals surface area contributed by atoms with Crippen molar-refractivity contribution in [3.8, 4) is 0 Å². The Labute approximate surface area is 79.8 Å². The van der Waals surface area contributed by atoms with Crippen molar-refractivity contribution in [1.29, 1.82) is 0 Å². The first-order valence-electron chi connectivity index (χ1n) is 5.07. The average Bonchev–Trinajstić information content (AvgIpc) is 2.67. The summed E-state index contributed by atoms with van der Waals surface area (Å²) in [5.41, 5.74) is 4.25. The average molecular weight is 176 g/mol. The quantitative estimate of drug-likeness (QED) is 0.640. The molecule has 0 unspecified atom stereocenters. The van der Waals surface area contributed by atoms with E-state index in [9.17, 15) is 0 Å². The molecule has 70 valence electrons. The fourth-order valence-corrected chi connectivity index (χ4v) is 1.98. The molecule has 1 aliphatic heterocycles. The van der Waals surface area contributed by atoms with Gasteiger partial charge in [-0.05, 0) is 25.3 Å². The maximum absolute atomic E-state index is 5.50. The standard InChI is InChI=1S/C12H16O/c1-3-4-5-10-6-7-11-8-13-9(2)12(10)11/h6-7H,3-5,8H2,1-2H3. The van der Waals surface area contributed by atoms with Gasteiger partial charge in [-0.25, -0.2) is 0 Å². The van der Waals surface area contributed by atoms with Crippen LogP contribution in [0.25, 0.3) is 0 Å². The molecule has 0 spiro atoms. The molecule has 1 nitrogen and oxygen atoms in total. The second-order valence-corrected chi connectivity index (χ2v) is 3.71. The van der Waals surface area contributed by atoms with Gasteiger partial charge in [0.25, 0.3) is 0 Å². The molecule has 0 aromatic rings. The third kappa shape index (κ3) is 1.43. The summed E-state index contributed by atoms with van der Waals surface area (Å²) in [7, 11) is 0. The Kier molecular flexibility index (Phi) is 2.26. The van der Waals surface area contributed by atoms with E-state index in [4.69, 9.17) is 4.74 Å². The van der Waals surface area contributed by atoms with Crippen molar-refractivity contribution in [3.63, 3.8) is 0 Å².